The van der Waals surface area contributed by atoms with Gasteiger partial charge in [0.05, 0.1) is 5.52 Å². The quantitative estimate of drug-likeness (QED) is 0.543. The molecule has 2 aromatic rings. The molecule has 2 rings (SSSR count). The summed E-state index contributed by atoms with van der Waals surface area (Å²) < 4.78 is 0. The van der Waals surface area contributed by atoms with Crippen molar-refractivity contribution in [2.75, 3.05) is 11.5 Å². The van der Waals surface area contributed by atoms with E-state index in [-0.39, 0.29) is 17.5 Å². The zero-order valence-electron chi connectivity index (χ0n) is 6.73. The molecule has 13 heavy (non-hydrogen) atoms. The third kappa shape index (κ3) is 1.20. The summed E-state index contributed by atoms with van der Waals surface area (Å²) >= 11 is 0. The highest BCUT2D eigenvalue weighted by molar-refractivity contribution is 5.89. The lowest BCUT2D eigenvalue weighted by atomic mass is 10.2. The maximum Gasteiger partial charge on any atom is 0.222 e. The van der Waals surface area contributed by atoms with Crippen molar-refractivity contribution in [3.8, 4) is 5.75 Å². The molecule has 0 aliphatic carbocycles. The van der Waals surface area contributed by atoms with E-state index in [1.54, 1.807) is 6.07 Å². The maximum atomic E-state index is 9.18. The molecule has 1 aromatic heterocycles. The Morgan fingerprint density at radius 3 is 2.69 bits per heavy atom. The fourth-order valence-corrected chi connectivity index (χ4v) is 1.16. The van der Waals surface area contributed by atoms with Gasteiger partial charge in [-0.1, -0.05) is 0 Å². The average Bonchev–Trinajstić information content (AvgIpc) is 2.06. The standard InChI is InChI=1S/C8H8N4O/c9-7-5-3-4(13)1-2-6(5)11-8(10)12-7/h1-3,13H,(H4,9,10,11,12). The van der Waals surface area contributed by atoms with Crippen LogP contribution in [-0.4, -0.2) is 15.1 Å². The molecule has 66 valence electrons. The first-order valence-corrected chi connectivity index (χ1v) is 3.68. The summed E-state index contributed by atoms with van der Waals surface area (Å²) in [6, 6.07) is 4.66. The van der Waals surface area contributed by atoms with Gasteiger partial charge >= 0.3 is 0 Å². The molecule has 0 aliphatic heterocycles. The highest BCUT2D eigenvalue weighted by atomic mass is 16.3. The maximum absolute atomic E-state index is 9.18. The molecule has 0 fully saturated rings. The smallest absolute Gasteiger partial charge is 0.222 e. The third-order valence-electron chi connectivity index (χ3n) is 1.73. The van der Waals surface area contributed by atoms with Gasteiger partial charge in [-0.25, -0.2) is 4.98 Å². The van der Waals surface area contributed by atoms with Crippen LogP contribution in [0.25, 0.3) is 10.9 Å². The van der Waals surface area contributed by atoms with E-state index in [2.05, 4.69) is 9.97 Å². The van der Waals surface area contributed by atoms with Gasteiger partial charge in [0, 0.05) is 5.39 Å². The first-order valence-electron chi connectivity index (χ1n) is 3.68. The van der Waals surface area contributed by atoms with Gasteiger partial charge < -0.3 is 16.6 Å². The molecule has 5 heteroatoms. The van der Waals surface area contributed by atoms with E-state index >= 15 is 0 Å². The highest BCUT2D eigenvalue weighted by Crippen LogP contribution is 2.22. The van der Waals surface area contributed by atoms with Crippen LogP contribution in [0.2, 0.25) is 0 Å². The summed E-state index contributed by atoms with van der Waals surface area (Å²) in [5.41, 5.74) is 11.6. The van der Waals surface area contributed by atoms with E-state index < -0.39 is 0 Å². The summed E-state index contributed by atoms with van der Waals surface area (Å²) in [6.45, 7) is 0. The lowest BCUT2D eigenvalue weighted by Crippen LogP contribution is -2.00. The van der Waals surface area contributed by atoms with Crippen molar-refractivity contribution in [3.05, 3.63) is 18.2 Å². The van der Waals surface area contributed by atoms with Crippen LogP contribution in [0.1, 0.15) is 0 Å². The molecule has 1 aromatic carbocycles. The predicted molar refractivity (Wildman–Crippen MR) is 50.0 cm³/mol. The van der Waals surface area contributed by atoms with Crippen molar-refractivity contribution in [3.63, 3.8) is 0 Å². The second-order valence-electron chi connectivity index (χ2n) is 2.67. The zero-order chi connectivity index (χ0) is 9.42. The van der Waals surface area contributed by atoms with E-state index in [0.29, 0.717) is 10.9 Å². The predicted octanol–water partition coefficient (Wildman–Crippen LogP) is 0.500. The van der Waals surface area contributed by atoms with E-state index in [1.807, 2.05) is 0 Å². The Morgan fingerprint density at radius 1 is 1.15 bits per heavy atom. The number of nitrogens with zero attached hydrogens (tertiary/aromatic N) is 2. The van der Waals surface area contributed by atoms with Gasteiger partial charge in [-0.3, -0.25) is 0 Å². The van der Waals surface area contributed by atoms with Crippen LogP contribution in [0.5, 0.6) is 5.75 Å². The van der Waals surface area contributed by atoms with Crippen LogP contribution >= 0.6 is 0 Å². The average molecular weight is 176 g/mol. The van der Waals surface area contributed by atoms with Crippen LogP contribution in [-0.2, 0) is 0 Å². The molecule has 5 N–H and O–H groups in total. The number of phenolic OH excluding ortho intramolecular Hbond substituents is 1. The number of nitrogen functional groups attached to an aromatic ring is 2. The van der Waals surface area contributed by atoms with E-state index in [0.717, 1.165) is 0 Å². The first-order chi connectivity index (χ1) is 6.16. The van der Waals surface area contributed by atoms with Crippen molar-refractivity contribution in [2.24, 2.45) is 0 Å². The van der Waals surface area contributed by atoms with Crippen LogP contribution in [0.3, 0.4) is 0 Å². The number of hydrogen-bond acceptors (Lipinski definition) is 5. The van der Waals surface area contributed by atoms with Gasteiger partial charge in [0.1, 0.15) is 11.6 Å². The molecule has 0 spiro atoms. The number of aromatic nitrogens is 2. The second-order valence-corrected chi connectivity index (χ2v) is 2.67. The molecule has 5 nitrogen and oxygen atoms in total. The van der Waals surface area contributed by atoms with Crippen LogP contribution in [0, 0.1) is 0 Å². The summed E-state index contributed by atoms with van der Waals surface area (Å²) in [4.78, 5) is 7.73. The minimum atomic E-state index is 0.132. The Labute approximate surface area is 74.0 Å². The molecule has 0 amide bonds. The first kappa shape index (κ1) is 7.60. The number of fused-ring (bicyclic) bond motifs is 1. The Kier molecular flexibility index (Phi) is 1.45. The van der Waals surface area contributed by atoms with Gasteiger partial charge in [-0.05, 0) is 18.2 Å². The van der Waals surface area contributed by atoms with E-state index in [1.165, 1.54) is 12.1 Å². The lowest BCUT2D eigenvalue weighted by molar-refractivity contribution is 0.476. The number of aromatic hydroxyl groups is 1. The molecule has 0 aliphatic rings. The molecular formula is C8H8N4O. The monoisotopic (exact) mass is 176 g/mol. The van der Waals surface area contributed by atoms with Gasteiger partial charge in [0.25, 0.3) is 0 Å². The van der Waals surface area contributed by atoms with Gasteiger partial charge in [0.2, 0.25) is 5.95 Å². The van der Waals surface area contributed by atoms with Crippen molar-refractivity contribution < 1.29 is 5.11 Å². The van der Waals surface area contributed by atoms with Crippen LogP contribution in [0.4, 0.5) is 11.8 Å². The zero-order valence-corrected chi connectivity index (χ0v) is 6.73. The fraction of sp³-hybridized carbons (Fsp3) is 0. The van der Waals surface area contributed by atoms with Gasteiger partial charge in [-0.2, -0.15) is 4.98 Å². The van der Waals surface area contributed by atoms with Crippen molar-refractivity contribution in [1.29, 1.82) is 0 Å². The van der Waals surface area contributed by atoms with Crippen LogP contribution in [0.15, 0.2) is 18.2 Å². The third-order valence-corrected chi connectivity index (χ3v) is 1.73. The van der Waals surface area contributed by atoms with Crippen LogP contribution < -0.4 is 11.5 Å². The Morgan fingerprint density at radius 2 is 1.92 bits per heavy atom. The highest BCUT2D eigenvalue weighted by Gasteiger charge is 2.02. The Hall–Kier alpha value is -2.04. The number of nitrogens with two attached hydrogens (primary N) is 2. The summed E-state index contributed by atoms with van der Waals surface area (Å²) in [7, 11) is 0. The molecule has 0 atom stereocenters. The van der Waals surface area contributed by atoms with E-state index in [4.69, 9.17) is 11.5 Å². The molecule has 0 radical (unpaired) electrons. The minimum Gasteiger partial charge on any atom is -0.508 e. The number of hydrogen-bond donors (Lipinski definition) is 3. The van der Waals surface area contributed by atoms with E-state index in [9.17, 15) is 5.11 Å². The van der Waals surface area contributed by atoms with Crippen molar-refractivity contribution >= 4 is 22.7 Å². The lowest BCUT2D eigenvalue weighted by Gasteiger charge is -2.01. The molecule has 1 heterocycles. The van der Waals surface area contributed by atoms with Crippen molar-refractivity contribution in [2.45, 2.75) is 0 Å². The number of phenols is 1. The largest absolute Gasteiger partial charge is 0.508 e. The Balaban J connectivity index is 2.87. The molecule has 0 bridgehead atoms. The summed E-state index contributed by atoms with van der Waals surface area (Å²) in [5.74, 6) is 0.543. The fourth-order valence-electron chi connectivity index (χ4n) is 1.16. The summed E-state index contributed by atoms with van der Waals surface area (Å²) in [6.07, 6.45) is 0. The number of benzene rings is 1. The normalized spacial score (nSPS) is 10.5. The SMILES string of the molecule is Nc1nc(N)c2cc(O)ccc2n1. The topological polar surface area (TPSA) is 98.0 Å². The van der Waals surface area contributed by atoms with Gasteiger partial charge in [0.15, 0.2) is 0 Å². The van der Waals surface area contributed by atoms with Crippen molar-refractivity contribution in [1.82, 2.24) is 9.97 Å². The summed E-state index contributed by atoms with van der Waals surface area (Å²) in [5, 5.41) is 9.79. The molecule has 0 saturated heterocycles. The number of rotatable bonds is 0. The Bertz CT molecular complexity index is 469. The molecule has 0 unspecified atom stereocenters. The molecule has 0 saturated carbocycles. The van der Waals surface area contributed by atoms with Gasteiger partial charge in [-0.15, -0.1) is 0 Å². The molecular weight excluding hydrogens is 168 g/mol. The number of anilines is 2. The minimum absolute atomic E-state index is 0.132. The second kappa shape index (κ2) is 2.48.